The van der Waals surface area contributed by atoms with Crippen molar-refractivity contribution in [1.29, 1.82) is 0 Å². The molecule has 166 valence electrons. The van der Waals surface area contributed by atoms with E-state index in [1.807, 2.05) is 4.90 Å². The summed E-state index contributed by atoms with van der Waals surface area (Å²) in [6.45, 7) is 2.84. The molecule has 5 rings (SSSR count). The smallest absolute Gasteiger partial charge is 0.336 e. The lowest BCUT2D eigenvalue weighted by Crippen LogP contribution is -2.58. The van der Waals surface area contributed by atoms with Gasteiger partial charge in [0.15, 0.2) is 5.69 Å². The van der Waals surface area contributed by atoms with Crippen molar-refractivity contribution >= 4 is 33.3 Å². The Kier molecular flexibility index (Phi) is 4.84. The highest BCUT2D eigenvalue weighted by molar-refractivity contribution is 9.10. The van der Waals surface area contributed by atoms with Crippen LogP contribution < -0.4 is 0 Å². The molecule has 0 spiro atoms. The molecule has 2 saturated carbocycles. The number of halogens is 4. The number of carbonyl (C=O) groups is 2. The number of rotatable bonds is 3. The van der Waals surface area contributed by atoms with Gasteiger partial charge in [-0.15, -0.1) is 0 Å². The first-order valence-corrected chi connectivity index (χ1v) is 11.3. The number of hydrogen-bond donors (Lipinski definition) is 0. The first-order valence-electron chi connectivity index (χ1n) is 10.5. The third-order valence-electron chi connectivity index (χ3n) is 6.57. The van der Waals surface area contributed by atoms with Gasteiger partial charge in [-0.2, -0.15) is 18.3 Å². The Morgan fingerprint density at radius 3 is 2.48 bits per heavy atom. The largest absolute Gasteiger partial charge is 0.433 e. The molecule has 3 heterocycles. The number of alkyl halides is 3. The van der Waals surface area contributed by atoms with Crippen molar-refractivity contribution in [3.8, 4) is 0 Å². The summed E-state index contributed by atoms with van der Waals surface area (Å²) in [6, 6.07) is 3.03. The molecule has 31 heavy (non-hydrogen) atoms. The summed E-state index contributed by atoms with van der Waals surface area (Å²) in [6.07, 6.45) is -0.937. The minimum absolute atomic E-state index is 0.0799. The Balaban J connectivity index is 1.44. The molecular formula is C21H22BrF3N4O2. The molecule has 3 aliphatic rings. The Morgan fingerprint density at radius 2 is 1.90 bits per heavy atom. The molecule has 6 nitrogen and oxygen atoms in total. The number of amides is 2. The fourth-order valence-electron chi connectivity index (χ4n) is 4.64. The molecule has 2 aliphatic carbocycles. The zero-order chi connectivity index (χ0) is 22.1. The van der Waals surface area contributed by atoms with E-state index in [-0.39, 0.29) is 40.1 Å². The molecule has 0 N–H and O–H groups in total. The summed E-state index contributed by atoms with van der Waals surface area (Å²) in [5, 5.41) is 4.02. The molecular weight excluding hydrogens is 477 g/mol. The van der Waals surface area contributed by atoms with E-state index in [0.29, 0.717) is 24.6 Å². The van der Waals surface area contributed by atoms with Crippen LogP contribution in [0.3, 0.4) is 0 Å². The van der Waals surface area contributed by atoms with Crippen LogP contribution in [0.15, 0.2) is 16.6 Å². The van der Waals surface area contributed by atoms with E-state index in [4.69, 9.17) is 0 Å². The Labute approximate surface area is 185 Å². The summed E-state index contributed by atoms with van der Waals surface area (Å²) in [5.74, 6) is 0.0664. The molecule has 0 aromatic carbocycles. The van der Waals surface area contributed by atoms with Crippen LogP contribution in [-0.2, 0) is 11.0 Å². The highest BCUT2D eigenvalue weighted by Gasteiger charge is 2.40. The molecule has 1 saturated heterocycles. The standard InChI is InChI=1S/C21H22BrF3N4O2/c1-11-6-14(7-11)28-5-4-27(10-17(28)30)20(31)19-18(22)15-8-13(12-2-3-12)9-16(21(23,24)25)29(15)26-19/h8-9,11-12,14H,2-7,10H2,1H3. The predicted molar refractivity (Wildman–Crippen MR) is 110 cm³/mol. The molecule has 2 aromatic heterocycles. The maximum absolute atomic E-state index is 13.7. The van der Waals surface area contributed by atoms with E-state index >= 15 is 0 Å². The molecule has 0 bridgehead atoms. The van der Waals surface area contributed by atoms with Crippen LogP contribution >= 0.6 is 15.9 Å². The van der Waals surface area contributed by atoms with Crippen molar-refractivity contribution in [3.05, 3.63) is 33.6 Å². The van der Waals surface area contributed by atoms with Crippen LogP contribution in [0.2, 0.25) is 0 Å². The highest BCUT2D eigenvalue weighted by Crippen LogP contribution is 2.43. The topological polar surface area (TPSA) is 57.9 Å². The van der Waals surface area contributed by atoms with Crippen LogP contribution in [0.4, 0.5) is 13.2 Å². The Morgan fingerprint density at radius 1 is 1.19 bits per heavy atom. The van der Waals surface area contributed by atoms with E-state index in [9.17, 15) is 22.8 Å². The van der Waals surface area contributed by atoms with Gasteiger partial charge in [-0.05, 0) is 71.1 Å². The molecule has 0 unspecified atom stereocenters. The minimum atomic E-state index is -4.60. The maximum Gasteiger partial charge on any atom is 0.433 e. The van der Waals surface area contributed by atoms with E-state index < -0.39 is 17.8 Å². The van der Waals surface area contributed by atoms with Gasteiger partial charge >= 0.3 is 6.18 Å². The molecule has 2 aromatic rings. The van der Waals surface area contributed by atoms with Gasteiger partial charge in [-0.1, -0.05) is 6.92 Å². The van der Waals surface area contributed by atoms with E-state index in [1.54, 1.807) is 6.07 Å². The van der Waals surface area contributed by atoms with Crippen molar-refractivity contribution in [1.82, 2.24) is 19.4 Å². The number of aromatic nitrogens is 2. The lowest BCUT2D eigenvalue weighted by molar-refractivity contribution is -0.142. The second kappa shape index (κ2) is 7.21. The van der Waals surface area contributed by atoms with Gasteiger partial charge in [-0.25, -0.2) is 4.52 Å². The fourth-order valence-corrected chi connectivity index (χ4v) is 5.17. The number of fused-ring (bicyclic) bond motifs is 1. The van der Waals surface area contributed by atoms with Crippen LogP contribution in [0.25, 0.3) is 5.52 Å². The molecule has 3 fully saturated rings. The molecule has 0 atom stereocenters. The third kappa shape index (κ3) is 3.62. The van der Waals surface area contributed by atoms with Crippen LogP contribution in [0.1, 0.15) is 60.3 Å². The molecule has 10 heteroatoms. The van der Waals surface area contributed by atoms with Gasteiger partial charge in [0.05, 0.1) is 9.99 Å². The van der Waals surface area contributed by atoms with E-state index in [2.05, 4.69) is 28.0 Å². The summed E-state index contributed by atoms with van der Waals surface area (Å²) in [4.78, 5) is 28.9. The first-order chi connectivity index (χ1) is 14.6. The number of piperazine rings is 1. The summed E-state index contributed by atoms with van der Waals surface area (Å²) in [7, 11) is 0. The van der Waals surface area contributed by atoms with Crippen LogP contribution in [0.5, 0.6) is 0 Å². The third-order valence-corrected chi connectivity index (χ3v) is 7.35. The highest BCUT2D eigenvalue weighted by atomic mass is 79.9. The molecule has 0 radical (unpaired) electrons. The van der Waals surface area contributed by atoms with Gasteiger partial charge in [0.2, 0.25) is 5.91 Å². The quantitative estimate of drug-likeness (QED) is 0.640. The van der Waals surface area contributed by atoms with Crippen LogP contribution in [-0.4, -0.2) is 56.9 Å². The van der Waals surface area contributed by atoms with Gasteiger partial charge in [0, 0.05) is 19.1 Å². The zero-order valence-electron chi connectivity index (χ0n) is 17.0. The maximum atomic E-state index is 13.7. The number of nitrogens with zero attached hydrogens (tertiary/aromatic N) is 4. The van der Waals surface area contributed by atoms with Crippen molar-refractivity contribution in [2.45, 2.75) is 50.7 Å². The lowest BCUT2D eigenvalue weighted by atomic mass is 9.80. The second-order valence-corrected chi connectivity index (χ2v) is 9.74. The predicted octanol–water partition coefficient (Wildman–Crippen LogP) is 4.08. The fraction of sp³-hybridized carbons (Fsp3) is 0.571. The Hall–Kier alpha value is -2.10. The normalized spacial score (nSPS) is 24.6. The number of hydrogen-bond acceptors (Lipinski definition) is 3. The Bertz CT molecular complexity index is 1070. The van der Waals surface area contributed by atoms with E-state index in [0.717, 1.165) is 36.3 Å². The monoisotopic (exact) mass is 498 g/mol. The average molecular weight is 499 g/mol. The second-order valence-electron chi connectivity index (χ2n) is 8.95. The van der Waals surface area contributed by atoms with Gasteiger partial charge in [0.25, 0.3) is 5.91 Å². The zero-order valence-corrected chi connectivity index (χ0v) is 18.5. The summed E-state index contributed by atoms with van der Waals surface area (Å²) < 4.78 is 42.1. The van der Waals surface area contributed by atoms with Crippen molar-refractivity contribution in [2.24, 2.45) is 5.92 Å². The summed E-state index contributed by atoms with van der Waals surface area (Å²) >= 11 is 3.31. The lowest BCUT2D eigenvalue weighted by Gasteiger charge is -2.45. The van der Waals surface area contributed by atoms with Gasteiger partial charge in [-0.3, -0.25) is 9.59 Å². The molecule has 1 aliphatic heterocycles. The SMILES string of the molecule is CC1CC(N2CCN(C(=O)c3nn4c(C(F)(F)F)cc(C5CC5)cc4c3Br)CC2=O)C1. The number of carbonyl (C=O) groups excluding carboxylic acids is 2. The van der Waals surface area contributed by atoms with Crippen LogP contribution in [0, 0.1) is 5.92 Å². The average Bonchev–Trinajstić information content (AvgIpc) is 3.48. The van der Waals surface area contributed by atoms with Crippen molar-refractivity contribution in [2.75, 3.05) is 19.6 Å². The summed E-state index contributed by atoms with van der Waals surface area (Å²) in [5.41, 5.74) is -0.171. The van der Waals surface area contributed by atoms with Gasteiger partial charge < -0.3 is 9.80 Å². The minimum Gasteiger partial charge on any atom is -0.336 e. The van der Waals surface area contributed by atoms with E-state index in [1.165, 1.54) is 4.90 Å². The molecule has 2 amide bonds. The first kappa shape index (κ1) is 20.8. The van der Waals surface area contributed by atoms with Crippen molar-refractivity contribution < 1.29 is 22.8 Å². The number of pyridine rings is 1. The van der Waals surface area contributed by atoms with Gasteiger partial charge in [0.1, 0.15) is 12.2 Å². The van der Waals surface area contributed by atoms with Crippen molar-refractivity contribution in [3.63, 3.8) is 0 Å².